The molecule has 7 nitrogen and oxygen atoms in total. The van der Waals surface area contributed by atoms with Gasteiger partial charge in [-0.2, -0.15) is 8.42 Å². The first-order valence-corrected chi connectivity index (χ1v) is 5.37. The molecule has 0 rings (SSSR count). The van der Waals surface area contributed by atoms with Crippen LogP contribution in [0.3, 0.4) is 0 Å². The third-order valence-electron chi connectivity index (χ3n) is 0.365. The van der Waals surface area contributed by atoms with Crippen molar-refractivity contribution < 1.29 is 23.2 Å². The third kappa shape index (κ3) is 323. The summed E-state index contributed by atoms with van der Waals surface area (Å²) in [6, 6.07) is 0. The molecule has 0 atom stereocenters. The van der Waals surface area contributed by atoms with Crippen molar-refractivity contribution in [3.8, 4) is 0 Å². The maximum absolute atomic E-state index is 9.56. The van der Waals surface area contributed by atoms with Crippen LogP contribution in [0.15, 0.2) is 0 Å². The molecule has 0 aromatic heterocycles. The molecule has 0 unspecified atom stereocenters. The zero-order valence-corrected chi connectivity index (χ0v) is 9.69. The van der Waals surface area contributed by atoms with E-state index >= 15 is 0 Å². The Morgan fingerprint density at radius 1 is 1.20 bits per heavy atom. The molecule has 0 saturated carbocycles. The van der Waals surface area contributed by atoms with Gasteiger partial charge >= 0.3 is 0 Å². The average molecular weight is 280 g/mol. The molecule has 0 aliphatic heterocycles. The van der Waals surface area contributed by atoms with Gasteiger partial charge in [0.1, 0.15) is 0 Å². The van der Waals surface area contributed by atoms with Crippen LogP contribution in [0.1, 0.15) is 14.4 Å². The van der Waals surface area contributed by atoms with E-state index in [1.165, 1.54) is 6.92 Å². The van der Waals surface area contributed by atoms with E-state index in [1.807, 2.05) is 0 Å². The van der Waals surface area contributed by atoms with Gasteiger partial charge in [0.25, 0.3) is 20.5 Å². The van der Waals surface area contributed by atoms with E-state index in [2.05, 4.69) is 35.9 Å². The normalized spacial score (nSPS) is 7.87. The Morgan fingerprint density at radius 2 is 1.27 bits per heavy atom. The summed E-state index contributed by atoms with van der Waals surface area (Å²) >= 11 is 7.74. The quantitative estimate of drug-likeness (QED) is 0.333. The molecule has 0 fully saturated rings. The van der Waals surface area contributed by atoms with Gasteiger partial charge in [-0.1, -0.05) is 7.43 Å². The zero-order valence-electron chi connectivity index (χ0n) is 7.24. The van der Waals surface area contributed by atoms with Crippen molar-refractivity contribution in [3.05, 3.63) is 0 Å². The molecule has 0 aromatic rings. The minimum absolute atomic E-state index is 0. The van der Waals surface area contributed by atoms with Crippen molar-refractivity contribution in [3.63, 3.8) is 0 Å². The van der Waals surface area contributed by atoms with Crippen LogP contribution in [0, 0.1) is 0 Å². The largest absolute Gasteiger partial charge is 0.487 e. The molecule has 15 heavy (non-hydrogen) atoms. The molecule has 0 bridgehead atoms. The van der Waals surface area contributed by atoms with Gasteiger partial charge in [-0.25, -0.2) is 0 Å². The van der Waals surface area contributed by atoms with Gasteiger partial charge in [-0.15, -0.1) is 0 Å². The number of aliphatic hydroxyl groups is 2. The van der Waals surface area contributed by atoms with Gasteiger partial charge in [-0.05, 0) is 31.4 Å². The molecule has 94 valence electrons. The first-order chi connectivity index (χ1) is 6.02. The molecular formula is C5H16N2O5S3. The topological polar surface area (TPSA) is 147 Å². The Balaban J connectivity index is -0.0000000606. The van der Waals surface area contributed by atoms with E-state index in [0.717, 1.165) is 0 Å². The second-order valence-electron chi connectivity index (χ2n) is 1.55. The summed E-state index contributed by atoms with van der Waals surface area (Å²) < 4.78 is 26.9. The summed E-state index contributed by atoms with van der Waals surface area (Å²) in [7, 11) is -3.66. The lowest BCUT2D eigenvalue weighted by Gasteiger charge is -1.79. The van der Waals surface area contributed by atoms with Crippen molar-refractivity contribution in [1.82, 2.24) is 0 Å². The van der Waals surface area contributed by atoms with E-state index in [-0.39, 0.29) is 13.2 Å². The standard InChI is InChI=1S/C2H6O3S.2CH3NOS.CH4/c1-2-6(3,4)5;2*2-1(3)4;/h2H2,1H3,(H,3,4,5);2*(H3,2,3,4);1H4. The maximum Gasteiger partial charge on any atom is 0.264 e. The van der Waals surface area contributed by atoms with Gasteiger partial charge in [0, 0.05) is 0 Å². The first kappa shape index (κ1) is 23.8. The minimum Gasteiger partial charge on any atom is -0.487 e. The first-order valence-electron chi connectivity index (χ1n) is 2.94. The number of hydrogen-bond acceptors (Lipinski definition) is 4. The Hall–Kier alpha value is -0.710. The average Bonchev–Trinajstić information content (AvgIpc) is 1.83. The second kappa shape index (κ2) is 13.3. The summed E-state index contributed by atoms with van der Waals surface area (Å²) in [5.41, 5.74) is 8.80. The highest BCUT2D eigenvalue weighted by atomic mass is 32.2. The molecule has 0 aliphatic carbocycles. The van der Waals surface area contributed by atoms with Gasteiger partial charge in [0.15, 0.2) is 0 Å². The molecule has 0 radical (unpaired) electrons. The Kier molecular flexibility index (Phi) is 21.1. The third-order valence-corrected chi connectivity index (χ3v) is 1.09. The van der Waals surface area contributed by atoms with Gasteiger partial charge in [0.2, 0.25) is 0 Å². The molecule has 0 saturated heterocycles. The molecule has 0 amide bonds. The van der Waals surface area contributed by atoms with Crippen LogP contribution in [0.5, 0.6) is 0 Å². The van der Waals surface area contributed by atoms with Crippen molar-refractivity contribution in [2.24, 2.45) is 11.5 Å². The van der Waals surface area contributed by atoms with Crippen LogP contribution in [-0.4, -0.2) is 39.3 Å². The molecule has 10 heteroatoms. The molecule has 0 aromatic carbocycles. The highest BCUT2D eigenvalue weighted by Gasteiger charge is 1.93. The highest BCUT2D eigenvalue weighted by molar-refractivity contribution is 7.85. The summed E-state index contributed by atoms with van der Waals surface area (Å²) in [5.74, 6) is -0.201. The molecule has 0 heterocycles. The van der Waals surface area contributed by atoms with Crippen molar-refractivity contribution in [2.45, 2.75) is 14.4 Å². The van der Waals surface area contributed by atoms with Crippen LogP contribution >= 0.6 is 24.4 Å². The number of aliphatic hydroxyl groups excluding tert-OH is 2. The summed E-state index contributed by atoms with van der Waals surface area (Å²) in [5, 5.41) is 14.1. The molecule has 0 aliphatic rings. The highest BCUT2D eigenvalue weighted by Crippen LogP contribution is 1.74. The predicted molar refractivity (Wildman–Crippen MR) is 67.6 cm³/mol. The lowest BCUT2D eigenvalue weighted by molar-refractivity contribution is 0.484. The van der Waals surface area contributed by atoms with Crippen molar-refractivity contribution in [2.75, 3.05) is 5.75 Å². The molecule has 0 spiro atoms. The van der Waals surface area contributed by atoms with E-state index in [9.17, 15) is 8.42 Å². The summed E-state index contributed by atoms with van der Waals surface area (Å²) in [6.07, 6.45) is 0. The molecular weight excluding hydrogens is 264 g/mol. The lowest BCUT2D eigenvalue weighted by atomic mass is 11.0. The Bertz CT molecular complexity index is 244. The summed E-state index contributed by atoms with van der Waals surface area (Å²) in [6.45, 7) is 1.37. The van der Waals surface area contributed by atoms with E-state index in [4.69, 9.17) is 14.8 Å². The fourth-order valence-electron chi connectivity index (χ4n) is 0. The minimum atomic E-state index is -3.66. The molecule has 7 N–H and O–H groups in total. The predicted octanol–water partition coefficient (Wildman–Crippen LogP) is 0.106. The summed E-state index contributed by atoms with van der Waals surface area (Å²) in [4.78, 5) is 0. The van der Waals surface area contributed by atoms with E-state index < -0.39 is 20.5 Å². The SMILES string of the molecule is C.CCS(=O)(=O)O.NC(O)=S.NC(O)=S. The van der Waals surface area contributed by atoms with Crippen LogP contribution in [0.25, 0.3) is 0 Å². The smallest absolute Gasteiger partial charge is 0.264 e. The van der Waals surface area contributed by atoms with Gasteiger partial charge < -0.3 is 21.7 Å². The monoisotopic (exact) mass is 280 g/mol. The van der Waals surface area contributed by atoms with Crippen LogP contribution in [0.4, 0.5) is 0 Å². The fourth-order valence-corrected chi connectivity index (χ4v) is 0. The van der Waals surface area contributed by atoms with Crippen LogP contribution in [0.2, 0.25) is 0 Å². The number of thiocarbonyl (C=S) groups is 2. The number of rotatable bonds is 1. The maximum atomic E-state index is 9.56. The zero-order chi connectivity index (χ0) is 12.4. The number of nitrogens with two attached hydrogens (primary N) is 2. The van der Waals surface area contributed by atoms with Crippen LogP contribution < -0.4 is 11.5 Å². The van der Waals surface area contributed by atoms with Crippen LogP contribution in [-0.2, 0) is 10.1 Å². The van der Waals surface area contributed by atoms with Crippen molar-refractivity contribution in [1.29, 1.82) is 0 Å². The Morgan fingerprint density at radius 3 is 1.27 bits per heavy atom. The van der Waals surface area contributed by atoms with E-state index in [1.54, 1.807) is 0 Å². The van der Waals surface area contributed by atoms with Gasteiger partial charge in [0.05, 0.1) is 5.75 Å². The van der Waals surface area contributed by atoms with Gasteiger partial charge in [-0.3, -0.25) is 4.55 Å². The van der Waals surface area contributed by atoms with Crippen molar-refractivity contribution >= 4 is 44.9 Å². The number of hydrogen-bond donors (Lipinski definition) is 5. The fraction of sp³-hybridized carbons (Fsp3) is 0.600. The lowest BCUT2D eigenvalue weighted by Crippen LogP contribution is -2.03. The second-order valence-corrected chi connectivity index (χ2v) is 4.12. The Labute approximate surface area is 99.8 Å². The van der Waals surface area contributed by atoms with E-state index in [0.29, 0.717) is 0 Å².